The summed E-state index contributed by atoms with van der Waals surface area (Å²) in [6.45, 7) is 3.70. The lowest BCUT2D eigenvalue weighted by molar-refractivity contribution is -0.129. The van der Waals surface area contributed by atoms with Crippen LogP contribution in [0.1, 0.15) is 26.7 Å². The molecule has 0 N–H and O–H groups in total. The van der Waals surface area contributed by atoms with Gasteiger partial charge in [-0.1, -0.05) is 6.92 Å². The molecule has 0 aliphatic heterocycles. The zero-order valence-corrected chi connectivity index (χ0v) is 8.70. The minimum Gasteiger partial charge on any atom is -0.356 e. The molecule has 0 radical (unpaired) electrons. The first kappa shape index (κ1) is 14.8. The molecule has 4 nitrogen and oxygen atoms in total. The molecule has 78 valence electrons. The van der Waals surface area contributed by atoms with Crippen molar-refractivity contribution in [2.75, 3.05) is 14.2 Å². The van der Waals surface area contributed by atoms with Crippen molar-refractivity contribution in [2.24, 2.45) is 0 Å². The highest BCUT2D eigenvalue weighted by molar-refractivity contribution is 6.24. The maximum atomic E-state index is 10.0. The summed E-state index contributed by atoms with van der Waals surface area (Å²) < 4.78 is 9.35. The Kier molecular flexibility index (Phi) is 12.8. The van der Waals surface area contributed by atoms with Crippen LogP contribution in [0, 0.1) is 0 Å². The van der Waals surface area contributed by atoms with Crippen molar-refractivity contribution in [3.05, 3.63) is 0 Å². The number of hydrogen-bond acceptors (Lipinski definition) is 4. The van der Waals surface area contributed by atoms with Gasteiger partial charge in [0.25, 0.3) is 0 Å². The van der Waals surface area contributed by atoms with Crippen LogP contribution < -0.4 is 0 Å². The summed E-state index contributed by atoms with van der Waals surface area (Å²) in [6, 6.07) is 0. The van der Waals surface area contributed by atoms with Crippen LogP contribution in [0.4, 0.5) is 0 Å². The zero-order valence-electron chi connectivity index (χ0n) is 8.70. The molecule has 0 aliphatic rings. The molecule has 13 heavy (non-hydrogen) atoms. The van der Waals surface area contributed by atoms with Gasteiger partial charge >= 0.3 is 0 Å². The Morgan fingerprint density at radius 1 is 1.38 bits per heavy atom. The van der Waals surface area contributed by atoms with Gasteiger partial charge in [-0.05, 0) is 13.3 Å². The van der Waals surface area contributed by atoms with Crippen LogP contribution >= 0.6 is 0 Å². The Morgan fingerprint density at radius 2 is 1.85 bits per heavy atom. The molecule has 0 amide bonds. The normalized spacial score (nSPS) is 9.00. The lowest BCUT2D eigenvalue weighted by Crippen LogP contribution is -2.05. The second-order valence-corrected chi connectivity index (χ2v) is 2.37. The van der Waals surface area contributed by atoms with Crippen molar-refractivity contribution in [1.82, 2.24) is 0 Å². The maximum absolute atomic E-state index is 10.0. The smallest absolute Gasteiger partial charge is 0.195 e. The molecule has 0 bridgehead atoms. The van der Waals surface area contributed by atoms with Crippen molar-refractivity contribution in [3.63, 3.8) is 0 Å². The van der Waals surface area contributed by atoms with Gasteiger partial charge in [0.2, 0.25) is 0 Å². The van der Waals surface area contributed by atoms with E-state index in [0.29, 0.717) is 12.7 Å². The van der Waals surface area contributed by atoms with Crippen LogP contribution in [-0.4, -0.2) is 32.6 Å². The third-order valence-corrected chi connectivity index (χ3v) is 1.29. The van der Waals surface area contributed by atoms with E-state index < -0.39 is 0 Å². The number of aldehydes is 1. The molecular formula is C9H18O4. The number of carbonyl (C=O) groups excluding carboxylic acids is 2. The molecule has 0 aromatic heterocycles. The highest BCUT2D eigenvalue weighted by Gasteiger charge is 1.92. The van der Waals surface area contributed by atoms with Crippen molar-refractivity contribution in [3.8, 4) is 0 Å². The third-order valence-electron chi connectivity index (χ3n) is 1.29. The summed E-state index contributed by atoms with van der Waals surface area (Å²) >= 11 is 0. The summed E-state index contributed by atoms with van der Waals surface area (Å²) in [5.41, 5.74) is 0. The fourth-order valence-electron chi connectivity index (χ4n) is 0.402. The molecule has 0 unspecified atom stereocenters. The molecule has 4 heteroatoms. The largest absolute Gasteiger partial charge is 0.356 e. The molecule has 0 aromatic rings. The number of ether oxygens (including phenoxy) is 2. The predicted molar refractivity (Wildman–Crippen MR) is 49.5 cm³/mol. The molecule has 0 rings (SSSR count). The second kappa shape index (κ2) is 11.3. The Bertz CT molecular complexity index is 130. The van der Waals surface area contributed by atoms with E-state index in [1.54, 1.807) is 14.2 Å². The maximum Gasteiger partial charge on any atom is 0.195 e. The van der Waals surface area contributed by atoms with E-state index in [9.17, 15) is 9.59 Å². The average Bonchev–Trinajstić information content (AvgIpc) is 2.18. The topological polar surface area (TPSA) is 52.6 Å². The number of ketones is 1. The number of carbonyl (C=O) groups is 2. The van der Waals surface area contributed by atoms with E-state index in [4.69, 9.17) is 0 Å². The SMILES string of the molecule is CCCC(=O)C=O.COC(C)OC. The molecule has 0 saturated carbocycles. The summed E-state index contributed by atoms with van der Waals surface area (Å²) in [7, 11) is 3.21. The van der Waals surface area contributed by atoms with Gasteiger partial charge in [0.05, 0.1) is 0 Å². The standard InChI is InChI=1S/C5H8O2.C4H10O2/c1-2-3-5(7)4-6;1-4(5-2)6-3/h4H,2-3H2,1H3;4H,1-3H3. The van der Waals surface area contributed by atoms with Gasteiger partial charge < -0.3 is 9.47 Å². The summed E-state index contributed by atoms with van der Waals surface area (Å²) in [4.78, 5) is 19.6. The summed E-state index contributed by atoms with van der Waals surface area (Å²) in [5, 5.41) is 0. The van der Waals surface area contributed by atoms with E-state index >= 15 is 0 Å². The van der Waals surface area contributed by atoms with Crippen LogP contribution in [0.5, 0.6) is 0 Å². The molecule has 0 fully saturated rings. The summed E-state index contributed by atoms with van der Waals surface area (Å²) in [5.74, 6) is -0.303. The quantitative estimate of drug-likeness (QED) is 0.371. The van der Waals surface area contributed by atoms with E-state index in [0.717, 1.165) is 6.42 Å². The van der Waals surface area contributed by atoms with E-state index in [2.05, 4.69) is 9.47 Å². The lowest BCUT2D eigenvalue weighted by atomic mass is 10.2. The monoisotopic (exact) mass is 190 g/mol. The van der Waals surface area contributed by atoms with Crippen LogP contribution in [0.3, 0.4) is 0 Å². The lowest BCUT2D eigenvalue weighted by Gasteiger charge is -2.03. The zero-order chi connectivity index (χ0) is 10.7. The van der Waals surface area contributed by atoms with Crippen LogP contribution in [-0.2, 0) is 19.1 Å². The first-order valence-corrected chi connectivity index (χ1v) is 4.15. The molecule has 0 saturated heterocycles. The number of rotatable bonds is 5. The van der Waals surface area contributed by atoms with Gasteiger partial charge in [-0.25, -0.2) is 0 Å². The second-order valence-electron chi connectivity index (χ2n) is 2.37. The Balaban J connectivity index is 0. The van der Waals surface area contributed by atoms with Crippen molar-refractivity contribution >= 4 is 12.1 Å². The van der Waals surface area contributed by atoms with Gasteiger partial charge in [-0.15, -0.1) is 0 Å². The Hall–Kier alpha value is -0.740. The molecule has 0 atom stereocenters. The van der Waals surface area contributed by atoms with Gasteiger partial charge in [0, 0.05) is 20.6 Å². The van der Waals surface area contributed by atoms with Crippen LogP contribution in [0.25, 0.3) is 0 Å². The fourth-order valence-corrected chi connectivity index (χ4v) is 0.402. The average molecular weight is 190 g/mol. The van der Waals surface area contributed by atoms with Crippen LogP contribution in [0.2, 0.25) is 0 Å². The van der Waals surface area contributed by atoms with E-state index in [1.807, 2.05) is 13.8 Å². The van der Waals surface area contributed by atoms with Crippen molar-refractivity contribution < 1.29 is 19.1 Å². The predicted octanol–water partition coefficient (Wildman–Crippen LogP) is 1.18. The first-order valence-electron chi connectivity index (χ1n) is 4.15. The molecule has 0 aromatic carbocycles. The van der Waals surface area contributed by atoms with Gasteiger partial charge in [0.1, 0.15) is 0 Å². The van der Waals surface area contributed by atoms with Crippen molar-refractivity contribution in [2.45, 2.75) is 33.0 Å². The number of Topliss-reactive ketones (excluding diaryl/α,β-unsaturated/α-hetero) is 1. The minimum atomic E-state index is -0.303. The van der Waals surface area contributed by atoms with Crippen molar-refractivity contribution in [1.29, 1.82) is 0 Å². The highest BCUT2D eigenvalue weighted by atomic mass is 16.7. The van der Waals surface area contributed by atoms with E-state index in [1.165, 1.54) is 0 Å². The number of hydrogen-bond donors (Lipinski definition) is 0. The molecule has 0 spiro atoms. The number of methoxy groups -OCH3 is 2. The Labute approximate surface area is 79.2 Å². The third kappa shape index (κ3) is 14.2. The first-order chi connectivity index (χ1) is 6.12. The molecule has 0 aliphatic carbocycles. The Morgan fingerprint density at radius 3 is 1.92 bits per heavy atom. The van der Waals surface area contributed by atoms with Gasteiger partial charge in [-0.3, -0.25) is 9.59 Å². The summed E-state index contributed by atoms with van der Waals surface area (Å²) in [6.07, 6.45) is 1.45. The van der Waals surface area contributed by atoms with Gasteiger partial charge in [0.15, 0.2) is 18.4 Å². The van der Waals surface area contributed by atoms with Gasteiger partial charge in [-0.2, -0.15) is 0 Å². The fraction of sp³-hybridized carbons (Fsp3) is 0.778. The highest BCUT2D eigenvalue weighted by Crippen LogP contribution is 1.83. The minimum absolute atomic E-state index is 0.0648. The molecular weight excluding hydrogens is 172 g/mol. The van der Waals surface area contributed by atoms with Crippen LogP contribution in [0.15, 0.2) is 0 Å². The molecule has 0 heterocycles. The van der Waals surface area contributed by atoms with E-state index in [-0.39, 0.29) is 12.1 Å².